The second-order valence-corrected chi connectivity index (χ2v) is 4.90. The summed E-state index contributed by atoms with van der Waals surface area (Å²) in [6, 6.07) is 10.3. The molecule has 2 aromatic carbocycles. The number of carbonyl (C=O) groups is 1. The zero-order valence-corrected chi connectivity index (χ0v) is 12.2. The van der Waals surface area contributed by atoms with Crippen LogP contribution in [0.1, 0.15) is 10.4 Å². The number of hydrogen-bond acceptors (Lipinski definition) is 4. The number of halogens is 2. The van der Waals surface area contributed by atoms with Crippen molar-refractivity contribution < 1.29 is 9.18 Å². The molecule has 116 valence electrons. The third-order valence-electron chi connectivity index (χ3n) is 3.04. The van der Waals surface area contributed by atoms with E-state index in [-0.39, 0.29) is 10.6 Å². The Morgan fingerprint density at radius 1 is 1.22 bits per heavy atom. The van der Waals surface area contributed by atoms with Gasteiger partial charge in [0.05, 0.1) is 16.3 Å². The third kappa shape index (κ3) is 2.97. The van der Waals surface area contributed by atoms with Crippen LogP contribution in [-0.2, 0) is 0 Å². The highest BCUT2D eigenvalue weighted by Crippen LogP contribution is 2.21. The summed E-state index contributed by atoms with van der Waals surface area (Å²) in [7, 11) is 0. The lowest BCUT2D eigenvalue weighted by Gasteiger charge is -2.08. The fourth-order valence-corrected chi connectivity index (χ4v) is 2.14. The number of hydrogen-bond donors (Lipinski definition) is 2. The van der Waals surface area contributed by atoms with E-state index in [0.717, 1.165) is 4.68 Å². The average molecular weight is 334 g/mol. The molecule has 3 rings (SSSR count). The molecule has 0 fully saturated rings. The molecule has 0 radical (unpaired) electrons. The van der Waals surface area contributed by atoms with Gasteiger partial charge < -0.3 is 5.32 Å². The van der Waals surface area contributed by atoms with E-state index in [1.165, 1.54) is 18.2 Å². The molecule has 0 aliphatic rings. The number of nitrogens with one attached hydrogen (secondary N) is 2. The van der Waals surface area contributed by atoms with E-state index >= 15 is 0 Å². The number of rotatable bonds is 3. The van der Waals surface area contributed by atoms with Crippen LogP contribution in [-0.4, -0.2) is 26.1 Å². The first-order valence-corrected chi connectivity index (χ1v) is 6.80. The van der Waals surface area contributed by atoms with Gasteiger partial charge >= 0.3 is 5.69 Å². The number of benzene rings is 2. The zero-order chi connectivity index (χ0) is 16.4. The lowest BCUT2D eigenvalue weighted by Crippen LogP contribution is -2.16. The van der Waals surface area contributed by atoms with Gasteiger partial charge in [-0.15, -0.1) is 0 Å². The van der Waals surface area contributed by atoms with Gasteiger partial charge in [-0.3, -0.25) is 4.79 Å². The van der Waals surface area contributed by atoms with Crippen molar-refractivity contribution in [3.8, 4) is 5.69 Å². The first-order valence-electron chi connectivity index (χ1n) is 6.42. The smallest absolute Gasteiger partial charge is 0.322 e. The first-order chi connectivity index (χ1) is 11.1. The Kier molecular flexibility index (Phi) is 3.90. The normalized spacial score (nSPS) is 10.5. The van der Waals surface area contributed by atoms with E-state index in [1.54, 1.807) is 24.3 Å². The largest absolute Gasteiger partial charge is 0.365 e. The molecule has 0 aliphatic carbocycles. The van der Waals surface area contributed by atoms with Gasteiger partial charge in [-0.1, -0.05) is 17.7 Å². The van der Waals surface area contributed by atoms with Crippen molar-refractivity contribution in [2.24, 2.45) is 0 Å². The minimum atomic E-state index is -0.667. The molecule has 2 N–H and O–H groups in total. The highest BCUT2D eigenvalue weighted by Gasteiger charge is 2.13. The molecule has 1 amide bonds. The van der Waals surface area contributed by atoms with Gasteiger partial charge in [-0.05, 0) is 46.8 Å². The Morgan fingerprint density at radius 2 is 1.96 bits per heavy atom. The number of tetrazole rings is 1. The SMILES string of the molecule is O=C(Nc1ccc(-n2nn[nH]c2=O)cc1)c1cccc(F)c1Cl. The topological polar surface area (TPSA) is 92.7 Å². The average Bonchev–Trinajstić information content (AvgIpc) is 2.97. The van der Waals surface area contributed by atoms with Gasteiger partial charge in [-0.25, -0.2) is 14.3 Å². The molecular weight excluding hydrogens is 325 g/mol. The van der Waals surface area contributed by atoms with Crippen LogP contribution < -0.4 is 11.0 Å². The number of anilines is 1. The summed E-state index contributed by atoms with van der Waals surface area (Å²) in [5.41, 5.74) is 0.484. The predicted molar refractivity (Wildman–Crippen MR) is 81.3 cm³/mol. The summed E-state index contributed by atoms with van der Waals surface area (Å²) in [6.07, 6.45) is 0. The zero-order valence-electron chi connectivity index (χ0n) is 11.5. The lowest BCUT2D eigenvalue weighted by molar-refractivity contribution is 0.102. The van der Waals surface area contributed by atoms with Crippen LogP contribution in [0, 0.1) is 5.82 Å². The fourth-order valence-electron chi connectivity index (χ4n) is 1.93. The van der Waals surface area contributed by atoms with Gasteiger partial charge in [0.15, 0.2) is 0 Å². The van der Waals surface area contributed by atoms with Crippen LogP contribution in [0.2, 0.25) is 5.02 Å². The number of amides is 1. The second kappa shape index (κ2) is 6.01. The van der Waals surface area contributed by atoms with Crippen LogP contribution in [0.25, 0.3) is 5.69 Å². The standard InChI is InChI=1S/C14H9ClFN5O2/c15-12-10(2-1-3-11(12)16)13(22)17-8-4-6-9(7-5-8)21-14(23)18-19-20-21/h1-7H,(H,17,22)(H,18,20,23). The van der Waals surface area contributed by atoms with E-state index in [2.05, 4.69) is 20.8 Å². The molecule has 7 nitrogen and oxygen atoms in total. The molecule has 0 aliphatic heterocycles. The number of aromatic nitrogens is 4. The summed E-state index contributed by atoms with van der Waals surface area (Å²) in [4.78, 5) is 23.5. The van der Waals surface area contributed by atoms with Crippen LogP contribution in [0.5, 0.6) is 0 Å². The molecule has 0 unspecified atom stereocenters. The van der Waals surface area contributed by atoms with Gasteiger partial charge in [0, 0.05) is 5.69 Å². The quantitative estimate of drug-likeness (QED) is 0.766. The van der Waals surface area contributed by atoms with Crippen molar-refractivity contribution in [2.75, 3.05) is 5.32 Å². The molecule has 1 aromatic heterocycles. The van der Waals surface area contributed by atoms with Crippen molar-refractivity contribution in [2.45, 2.75) is 0 Å². The Bertz CT molecular complexity index is 919. The Balaban J connectivity index is 1.81. The van der Waals surface area contributed by atoms with E-state index < -0.39 is 17.4 Å². The molecule has 0 atom stereocenters. The number of aromatic amines is 1. The van der Waals surface area contributed by atoms with E-state index in [4.69, 9.17) is 11.6 Å². The first kappa shape index (κ1) is 14.9. The Morgan fingerprint density at radius 3 is 2.61 bits per heavy atom. The predicted octanol–water partition coefficient (Wildman–Crippen LogP) is 2.00. The van der Waals surface area contributed by atoms with Crippen molar-refractivity contribution >= 4 is 23.2 Å². The number of H-pyrrole nitrogens is 1. The highest BCUT2D eigenvalue weighted by atomic mass is 35.5. The highest BCUT2D eigenvalue weighted by molar-refractivity contribution is 6.34. The maximum absolute atomic E-state index is 13.4. The summed E-state index contributed by atoms with van der Waals surface area (Å²) >= 11 is 5.77. The number of nitrogens with zero attached hydrogens (tertiary/aromatic N) is 3. The van der Waals surface area contributed by atoms with Crippen LogP contribution in [0.3, 0.4) is 0 Å². The summed E-state index contributed by atoms with van der Waals surface area (Å²) in [5.74, 6) is -1.21. The summed E-state index contributed by atoms with van der Waals surface area (Å²) < 4.78 is 14.4. The lowest BCUT2D eigenvalue weighted by atomic mass is 10.2. The molecular formula is C14H9ClFN5O2. The maximum atomic E-state index is 13.4. The van der Waals surface area contributed by atoms with E-state index in [0.29, 0.717) is 11.4 Å². The molecule has 1 heterocycles. The van der Waals surface area contributed by atoms with Crippen molar-refractivity contribution in [1.29, 1.82) is 0 Å². The molecule has 23 heavy (non-hydrogen) atoms. The van der Waals surface area contributed by atoms with Gasteiger partial charge in [0.2, 0.25) is 0 Å². The molecule has 9 heteroatoms. The Labute approximate surface area is 133 Å². The van der Waals surface area contributed by atoms with Gasteiger partial charge in [0.25, 0.3) is 5.91 Å². The minimum Gasteiger partial charge on any atom is -0.322 e. The summed E-state index contributed by atoms with van der Waals surface area (Å²) in [6.45, 7) is 0. The van der Waals surface area contributed by atoms with E-state index in [9.17, 15) is 14.0 Å². The summed E-state index contributed by atoms with van der Waals surface area (Å²) in [5, 5.41) is 11.5. The fraction of sp³-hybridized carbons (Fsp3) is 0. The third-order valence-corrected chi connectivity index (χ3v) is 3.42. The number of carbonyl (C=O) groups excluding carboxylic acids is 1. The van der Waals surface area contributed by atoms with Gasteiger partial charge in [-0.2, -0.15) is 4.68 Å². The maximum Gasteiger partial charge on any atom is 0.365 e. The van der Waals surface area contributed by atoms with Crippen molar-refractivity contribution in [3.63, 3.8) is 0 Å². The molecule has 0 bridgehead atoms. The van der Waals surface area contributed by atoms with Crippen LogP contribution in [0.15, 0.2) is 47.3 Å². The van der Waals surface area contributed by atoms with E-state index in [1.807, 2.05) is 0 Å². The van der Waals surface area contributed by atoms with Crippen molar-refractivity contribution in [1.82, 2.24) is 20.2 Å². The molecule has 0 saturated heterocycles. The molecule has 3 aromatic rings. The van der Waals surface area contributed by atoms with Gasteiger partial charge in [0.1, 0.15) is 5.82 Å². The van der Waals surface area contributed by atoms with Crippen LogP contribution in [0.4, 0.5) is 10.1 Å². The molecule has 0 spiro atoms. The Hall–Kier alpha value is -3.00. The second-order valence-electron chi connectivity index (χ2n) is 4.52. The molecule has 0 saturated carbocycles. The van der Waals surface area contributed by atoms with Crippen LogP contribution >= 0.6 is 11.6 Å². The monoisotopic (exact) mass is 333 g/mol. The van der Waals surface area contributed by atoms with Crippen molar-refractivity contribution in [3.05, 3.63) is 69.4 Å². The minimum absolute atomic E-state index is 0.0310.